The van der Waals surface area contributed by atoms with Crippen LogP contribution in [0.15, 0.2) is 18.2 Å². The summed E-state index contributed by atoms with van der Waals surface area (Å²) in [6.07, 6.45) is -1.21. The quantitative estimate of drug-likeness (QED) is 0.799. The molecule has 1 saturated heterocycles. The third kappa shape index (κ3) is 4.58. The summed E-state index contributed by atoms with van der Waals surface area (Å²) in [5.41, 5.74) is -0.337. The highest BCUT2D eigenvalue weighted by Gasteiger charge is 2.37. The van der Waals surface area contributed by atoms with E-state index in [1.165, 1.54) is 11.0 Å². The summed E-state index contributed by atoms with van der Waals surface area (Å²) in [7, 11) is 1.67. The lowest BCUT2D eigenvalue weighted by atomic mass is 10.0. The van der Waals surface area contributed by atoms with Gasteiger partial charge in [0, 0.05) is 37.3 Å². The summed E-state index contributed by atoms with van der Waals surface area (Å²) in [6, 6.07) is 3.83. The van der Waals surface area contributed by atoms with Crippen molar-refractivity contribution in [3.63, 3.8) is 0 Å². The maximum atomic E-state index is 13.0. The predicted octanol–water partition coefficient (Wildman–Crippen LogP) is 2.95. The van der Waals surface area contributed by atoms with E-state index in [0.29, 0.717) is 30.9 Å². The number of halogens is 3. The van der Waals surface area contributed by atoms with Gasteiger partial charge in [-0.3, -0.25) is 4.79 Å². The van der Waals surface area contributed by atoms with Gasteiger partial charge in [-0.1, -0.05) is 0 Å². The second-order valence-corrected chi connectivity index (χ2v) is 8.25. The van der Waals surface area contributed by atoms with Gasteiger partial charge in [-0.2, -0.15) is 13.2 Å². The smallest absolute Gasteiger partial charge is 0.416 e. The average Bonchev–Trinajstić information content (AvgIpc) is 3.20. The Bertz CT molecular complexity index is 773. The Morgan fingerprint density at radius 1 is 1.27 bits per heavy atom. The fraction of sp³-hybridized carbons (Fsp3) is 0.667. The molecule has 30 heavy (non-hydrogen) atoms. The molecule has 9 heteroatoms. The molecule has 3 unspecified atom stereocenters. The molecule has 0 aromatic heterocycles. The number of carbonyl (C=O) groups excluding carboxylic acids is 1. The molecule has 0 bridgehead atoms. The molecule has 1 aromatic carbocycles. The topological polar surface area (TPSA) is 60.0 Å². The SMILES string of the molecule is COC1COCCC1NC1CC[C@H](C(=O)N2COc3ccc(C(F)(F)F)cc3C2)C1. The van der Waals surface area contributed by atoms with Crippen LogP contribution < -0.4 is 10.1 Å². The van der Waals surface area contributed by atoms with Crippen molar-refractivity contribution in [2.45, 2.75) is 56.6 Å². The summed E-state index contributed by atoms with van der Waals surface area (Å²) in [4.78, 5) is 14.5. The molecule has 1 saturated carbocycles. The van der Waals surface area contributed by atoms with Gasteiger partial charge in [-0.25, -0.2) is 0 Å². The van der Waals surface area contributed by atoms with E-state index in [4.69, 9.17) is 14.2 Å². The number of rotatable bonds is 4. The molecule has 4 atom stereocenters. The van der Waals surface area contributed by atoms with Crippen molar-refractivity contribution in [1.82, 2.24) is 10.2 Å². The first-order valence-electron chi connectivity index (χ1n) is 10.3. The third-order valence-corrected chi connectivity index (χ3v) is 6.28. The molecule has 0 radical (unpaired) electrons. The van der Waals surface area contributed by atoms with Gasteiger partial charge in [0.25, 0.3) is 0 Å². The normalized spacial score (nSPS) is 29.4. The number of nitrogens with zero attached hydrogens (tertiary/aromatic N) is 1. The van der Waals surface area contributed by atoms with Crippen molar-refractivity contribution in [3.8, 4) is 5.75 Å². The number of hydrogen-bond donors (Lipinski definition) is 1. The minimum Gasteiger partial charge on any atom is -0.473 e. The molecule has 166 valence electrons. The third-order valence-electron chi connectivity index (χ3n) is 6.28. The van der Waals surface area contributed by atoms with Gasteiger partial charge in [0.2, 0.25) is 5.91 Å². The van der Waals surface area contributed by atoms with Gasteiger partial charge in [-0.05, 0) is 43.9 Å². The van der Waals surface area contributed by atoms with E-state index < -0.39 is 11.7 Å². The number of methoxy groups -OCH3 is 1. The molecular weight excluding hydrogens is 401 g/mol. The predicted molar refractivity (Wildman–Crippen MR) is 102 cm³/mol. The fourth-order valence-corrected chi connectivity index (χ4v) is 4.61. The molecule has 6 nitrogen and oxygen atoms in total. The molecule has 1 N–H and O–H groups in total. The van der Waals surface area contributed by atoms with E-state index in [9.17, 15) is 18.0 Å². The molecule has 1 aliphatic carbocycles. The van der Waals surface area contributed by atoms with Crippen LogP contribution in [0.2, 0.25) is 0 Å². The number of hydrogen-bond acceptors (Lipinski definition) is 5. The van der Waals surface area contributed by atoms with Crippen molar-refractivity contribution in [2.75, 3.05) is 27.1 Å². The lowest BCUT2D eigenvalue weighted by Gasteiger charge is -2.33. The van der Waals surface area contributed by atoms with Crippen molar-refractivity contribution < 1.29 is 32.2 Å². The number of nitrogens with one attached hydrogen (secondary N) is 1. The van der Waals surface area contributed by atoms with Gasteiger partial charge < -0.3 is 24.4 Å². The van der Waals surface area contributed by atoms with Crippen molar-refractivity contribution >= 4 is 5.91 Å². The minimum atomic E-state index is -4.42. The first-order valence-corrected chi connectivity index (χ1v) is 10.3. The largest absolute Gasteiger partial charge is 0.473 e. The molecule has 0 spiro atoms. The Balaban J connectivity index is 1.35. The molecular formula is C21H27F3N2O4. The van der Waals surface area contributed by atoms with Crippen LogP contribution in [0.1, 0.15) is 36.8 Å². The molecule has 2 fully saturated rings. The summed E-state index contributed by atoms with van der Waals surface area (Å²) in [5.74, 6) is 0.194. The van der Waals surface area contributed by atoms with Crippen molar-refractivity contribution in [1.29, 1.82) is 0 Å². The first kappa shape index (κ1) is 21.4. The molecule has 3 aliphatic rings. The monoisotopic (exact) mass is 428 g/mol. The molecule has 4 rings (SSSR count). The lowest BCUT2D eigenvalue weighted by molar-refractivity contribution is -0.140. The molecule has 1 aromatic rings. The number of carbonyl (C=O) groups is 1. The lowest BCUT2D eigenvalue weighted by Crippen LogP contribution is -2.50. The van der Waals surface area contributed by atoms with E-state index in [-0.39, 0.29) is 43.3 Å². The average molecular weight is 428 g/mol. The number of fused-ring (bicyclic) bond motifs is 1. The van der Waals surface area contributed by atoms with E-state index in [1.807, 2.05) is 0 Å². The highest BCUT2D eigenvalue weighted by Crippen LogP contribution is 2.36. The van der Waals surface area contributed by atoms with Crippen LogP contribution in [0.25, 0.3) is 0 Å². The fourth-order valence-electron chi connectivity index (χ4n) is 4.61. The summed E-state index contributed by atoms with van der Waals surface area (Å²) in [5, 5.41) is 3.61. The van der Waals surface area contributed by atoms with E-state index in [1.54, 1.807) is 7.11 Å². The zero-order chi connectivity index (χ0) is 21.3. The second kappa shape index (κ2) is 8.72. The second-order valence-electron chi connectivity index (χ2n) is 8.25. The number of benzene rings is 1. The van der Waals surface area contributed by atoms with Crippen molar-refractivity contribution in [3.05, 3.63) is 29.3 Å². The standard InChI is InChI=1S/C21H27F3N2O4/c1-28-19-11-29-7-6-17(19)25-16-4-2-13(9-16)20(27)26-10-14-8-15(21(22,23)24)3-5-18(14)30-12-26/h3,5,8,13,16-17,19,25H,2,4,6-7,9-12H2,1H3/t13-,16?,17?,19?/m0/s1. The van der Waals surface area contributed by atoms with Crippen LogP contribution in [0, 0.1) is 5.92 Å². The number of amides is 1. The summed E-state index contributed by atoms with van der Waals surface area (Å²) < 4.78 is 55.5. The van der Waals surface area contributed by atoms with Crippen LogP contribution in [0.4, 0.5) is 13.2 Å². The van der Waals surface area contributed by atoms with Crippen LogP contribution >= 0.6 is 0 Å². The Labute approximate surface area is 173 Å². The Morgan fingerprint density at radius 2 is 2.10 bits per heavy atom. The zero-order valence-electron chi connectivity index (χ0n) is 16.9. The highest BCUT2D eigenvalue weighted by atomic mass is 19.4. The van der Waals surface area contributed by atoms with Crippen molar-refractivity contribution in [2.24, 2.45) is 5.92 Å². The molecule has 1 amide bonds. The van der Waals surface area contributed by atoms with E-state index in [2.05, 4.69) is 5.32 Å². The van der Waals surface area contributed by atoms with Crippen LogP contribution in [0.3, 0.4) is 0 Å². The van der Waals surface area contributed by atoms with Gasteiger partial charge >= 0.3 is 6.18 Å². The maximum absolute atomic E-state index is 13.0. The van der Waals surface area contributed by atoms with E-state index in [0.717, 1.165) is 31.4 Å². The minimum absolute atomic E-state index is 0.00308. The summed E-state index contributed by atoms with van der Waals surface area (Å²) in [6.45, 7) is 1.46. The summed E-state index contributed by atoms with van der Waals surface area (Å²) >= 11 is 0. The maximum Gasteiger partial charge on any atom is 0.416 e. The Morgan fingerprint density at radius 3 is 2.87 bits per heavy atom. The van der Waals surface area contributed by atoms with Crippen LogP contribution in [-0.2, 0) is 27.0 Å². The van der Waals surface area contributed by atoms with Gasteiger partial charge in [-0.15, -0.1) is 0 Å². The highest BCUT2D eigenvalue weighted by molar-refractivity contribution is 5.79. The van der Waals surface area contributed by atoms with E-state index >= 15 is 0 Å². The van der Waals surface area contributed by atoms with Crippen LogP contribution in [-0.4, -0.2) is 56.0 Å². The van der Waals surface area contributed by atoms with Crippen LogP contribution in [0.5, 0.6) is 5.75 Å². The zero-order valence-corrected chi connectivity index (χ0v) is 16.9. The Hall–Kier alpha value is -1.84. The number of ether oxygens (including phenoxy) is 3. The first-order chi connectivity index (χ1) is 14.3. The molecule has 2 heterocycles. The van der Waals surface area contributed by atoms with Gasteiger partial charge in [0.05, 0.1) is 24.8 Å². The molecule has 2 aliphatic heterocycles. The number of alkyl halides is 3. The Kier molecular flexibility index (Phi) is 6.22. The van der Waals surface area contributed by atoms with Gasteiger partial charge in [0.15, 0.2) is 6.73 Å². The van der Waals surface area contributed by atoms with Gasteiger partial charge in [0.1, 0.15) is 5.75 Å².